The highest BCUT2D eigenvalue weighted by molar-refractivity contribution is 7.92. The van der Waals surface area contributed by atoms with Crippen LogP contribution in [0.15, 0.2) is 41.3 Å². The van der Waals surface area contributed by atoms with Crippen molar-refractivity contribution in [3.63, 3.8) is 0 Å². The summed E-state index contributed by atoms with van der Waals surface area (Å²) in [5.41, 5.74) is 2.28. The lowest BCUT2D eigenvalue weighted by atomic mass is 10.1. The molecule has 0 saturated carbocycles. The zero-order valence-corrected chi connectivity index (χ0v) is 13.9. The fourth-order valence-electron chi connectivity index (χ4n) is 2.69. The first-order valence-electron chi connectivity index (χ1n) is 7.43. The van der Waals surface area contributed by atoms with Crippen LogP contribution in [0.1, 0.15) is 17.5 Å². The Morgan fingerprint density at radius 2 is 2.04 bits per heavy atom. The van der Waals surface area contributed by atoms with Gasteiger partial charge < -0.3 is 9.47 Å². The maximum Gasteiger partial charge on any atom is 0.262 e. The third-order valence-corrected chi connectivity index (χ3v) is 5.22. The maximum atomic E-state index is 12.6. The highest BCUT2D eigenvalue weighted by Crippen LogP contribution is 2.34. The van der Waals surface area contributed by atoms with Gasteiger partial charge in [-0.1, -0.05) is 12.1 Å². The van der Waals surface area contributed by atoms with Crippen molar-refractivity contribution in [2.45, 2.75) is 24.7 Å². The van der Waals surface area contributed by atoms with Crippen molar-refractivity contribution in [2.24, 2.45) is 0 Å². The molecule has 0 saturated heterocycles. The van der Waals surface area contributed by atoms with Gasteiger partial charge in [0.05, 0.1) is 24.3 Å². The molecule has 0 radical (unpaired) electrons. The molecule has 3 rings (SSSR count). The van der Waals surface area contributed by atoms with Gasteiger partial charge in [0.25, 0.3) is 10.0 Å². The Hall–Kier alpha value is -2.21. The molecule has 1 aliphatic heterocycles. The summed E-state index contributed by atoms with van der Waals surface area (Å²) in [6.45, 7) is 2.42. The van der Waals surface area contributed by atoms with E-state index in [2.05, 4.69) is 4.72 Å². The average Bonchev–Trinajstić information content (AvgIpc) is 2.55. The van der Waals surface area contributed by atoms with E-state index in [9.17, 15) is 8.42 Å². The molecule has 0 bridgehead atoms. The first kappa shape index (κ1) is 15.7. The van der Waals surface area contributed by atoms with Gasteiger partial charge in [-0.15, -0.1) is 0 Å². The molecule has 0 fully saturated rings. The van der Waals surface area contributed by atoms with Gasteiger partial charge in [-0.25, -0.2) is 8.42 Å². The zero-order valence-electron chi connectivity index (χ0n) is 13.1. The Morgan fingerprint density at radius 3 is 2.78 bits per heavy atom. The van der Waals surface area contributed by atoms with Gasteiger partial charge in [0.1, 0.15) is 11.5 Å². The summed E-state index contributed by atoms with van der Waals surface area (Å²) in [6, 6.07) is 10.3. The van der Waals surface area contributed by atoms with Crippen LogP contribution in [0.4, 0.5) is 5.69 Å². The van der Waals surface area contributed by atoms with Crippen LogP contribution >= 0.6 is 0 Å². The molecule has 1 N–H and O–H groups in total. The van der Waals surface area contributed by atoms with Gasteiger partial charge in [0.2, 0.25) is 0 Å². The lowest BCUT2D eigenvalue weighted by Gasteiger charge is -2.21. The molecule has 2 aromatic rings. The minimum atomic E-state index is -3.68. The van der Waals surface area contributed by atoms with Crippen LogP contribution in [0.2, 0.25) is 0 Å². The molecule has 2 aromatic carbocycles. The summed E-state index contributed by atoms with van der Waals surface area (Å²) < 4.78 is 38.7. The number of sulfonamides is 1. The van der Waals surface area contributed by atoms with Crippen LogP contribution in [-0.2, 0) is 16.4 Å². The van der Waals surface area contributed by atoms with Crippen LogP contribution in [-0.4, -0.2) is 22.1 Å². The Labute approximate surface area is 136 Å². The Morgan fingerprint density at radius 1 is 1.22 bits per heavy atom. The van der Waals surface area contributed by atoms with E-state index >= 15 is 0 Å². The number of benzene rings is 2. The van der Waals surface area contributed by atoms with Crippen LogP contribution in [0, 0.1) is 6.92 Å². The van der Waals surface area contributed by atoms with Crippen molar-refractivity contribution in [1.82, 2.24) is 0 Å². The second-order valence-electron chi connectivity index (χ2n) is 5.48. The van der Waals surface area contributed by atoms with E-state index in [-0.39, 0.29) is 4.90 Å². The van der Waals surface area contributed by atoms with Gasteiger partial charge in [-0.05, 0) is 55.2 Å². The van der Waals surface area contributed by atoms with E-state index < -0.39 is 10.0 Å². The van der Waals surface area contributed by atoms with E-state index in [0.29, 0.717) is 23.8 Å². The van der Waals surface area contributed by atoms with Crippen molar-refractivity contribution in [1.29, 1.82) is 0 Å². The predicted octanol–water partition coefficient (Wildman–Crippen LogP) is 3.13. The largest absolute Gasteiger partial charge is 0.496 e. The second kappa shape index (κ2) is 6.12. The fraction of sp³-hybridized carbons (Fsp3) is 0.294. The van der Waals surface area contributed by atoms with Gasteiger partial charge in [-0.3, -0.25) is 4.72 Å². The van der Waals surface area contributed by atoms with Gasteiger partial charge in [0.15, 0.2) is 0 Å². The number of nitrogens with one attached hydrogen (secondary N) is 1. The quantitative estimate of drug-likeness (QED) is 0.933. The maximum absolute atomic E-state index is 12.6. The molecular weight excluding hydrogens is 314 g/mol. The Kier molecular flexibility index (Phi) is 4.17. The van der Waals surface area contributed by atoms with E-state index in [4.69, 9.17) is 9.47 Å². The van der Waals surface area contributed by atoms with Gasteiger partial charge in [0, 0.05) is 0 Å². The first-order valence-corrected chi connectivity index (χ1v) is 8.92. The lowest BCUT2D eigenvalue weighted by molar-refractivity contribution is 0.290. The van der Waals surface area contributed by atoms with Crippen LogP contribution in [0.5, 0.6) is 11.5 Å². The van der Waals surface area contributed by atoms with Crippen LogP contribution in [0.25, 0.3) is 0 Å². The third kappa shape index (κ3) is 3.12. The minimum absolute atomic E-state index is 0.198. The number of hydrogen-bond donors (Lipinski definition) is 1. The summed E-state index contributed by atoms with van der Waals surface area (Å²) in [6.07, 6.45) is 1.84. The number of anilines is 1. The van der Waals surface area contributed by atoms with E-state index in [1.54, 1.807) is 25.3 Å². The molecule has 0 aromatic heterocycles. The number of hydrogen-bond acceptors (Lipinski definition) is 4. The number of methoxy groups -OCH3 is 1. The molecule has 5 nitrogen and oxygen atoms in total. The topological polar surface area (TPSA) is 64.6 Å². The van der Waals surface area contributed by atoms with E-state index in [1.807, 2.05) is 19.1 Å². The molecular formula is C17H19NO4S. The zero-order chi connectivity index (χ0) is 16.4. The summed E-state index contributed by atoms with van der Waals surface area (Å²) in [7, 11) is -2.12. The number of para-hydroxylation sites is 1. The third-order valence-electron chi connectivity index (χ3n) is 3.85. The molecule has 0 unspecified atom stereocenters. The smallest absolute Gasteiger partial charge is 0.262 e. The van der Waals surface area contributed by atoms with Crippen molar-refractivity contribution in [2.75, 3.05) is 18.4 Å². The molecule has 23 heavy (non-hydrogen) atoms. The van der Waals surface area contributed by atoms with Crippen LogP contribution in [0.3, 0.4) is 0 Å². The normalized spacial score (nSPS) is 13.8. The minimum Gasteiger partial charge on any atom is -0.496 e. The molecule has 0 amide bonds. The van der Waals surface area contributed by atoms with E-state index in [0.717, 1.165) is 24.0 Å². The summed E-state index contributed by atoms with van der Waals surface area (Å²) in [5.74, 6) is 1.29. The molecule has 0 aliphatic carbocycles. The number of fused-ring (bicyclic) bond motifs is 1. The summed E-state index contributed by atoms with van der Waals surface area (Å²) in [4.78, 5) is 0.198. The van der Waals surface area contributed by atoms with Crippen molar-refractivity contribution >= 4 is 15.7 Å². The number of rotatable bonds is 4. The molecule has 1 aliphatic rings. The summed E-state index contributed by atoms with van der Waals surface area (Å²) in [5, 5.41) is 0. The van der Waals surface area contributed by atoms with E-state index in [1.165, 1.54) is 6.07 Å². The van der Waals surface area contributed by atoms with Gasteiger partial charge in [-0.2, -0.15) is 0 Å². The molecule has 0 atom stereocenters. The summed E-state index contributed by atoms with van der Waals surface area (Å²) >= 11 is 0. The second-order valence-corrected chi connectivity index (χ2v) is 7.17. The van der Waals surface area contributed by atoms with Crippen molar-refractivity contribution < 1.29 is 17.9 Å². The number of ether oxygens (including phenoxy) is 2. The standard InChI is InChI=1S/C17H19NO4S/c1-12-11-14(8-9-16(12)21-2)23(19,20)18-15-7-3-5-13-6-4-10-22-17(13)15/h3,5,7-9,11,18H,4,6,10H2,1-2H3. The molecule has 0 spiro atoms. The average molecular weight is 333 g/mol. The lowest BCUT2D eigenvalue weighted by Crippen LogP contribution is -2.16. The molecule has 6 heteroatoms. The highest BCUT2D eigenvalue weighted by Gasteiger charge is 2.20. The van der Waals surface area contributed by atoms with Crippen molar-refractivity contribution in [3.05, 3.63) is 47.5 Å². The molecule has 1 heterocycles. The predicted molar refractivity (Wildman–Crippen MR) is 88.8 cm³/mol. The first-order chi connectivity index (χ1) is 11.0. The monoisotopic (exact) mass is 333 g/mol. The molecule has 122 valence electrons. The SMILES string of the molecule is COc1ccc(S(=O)(=O)Nc2cccc3c2OCCC3)cc1C. The van der Waals surface area contributed by atoms with Gasteiger partial charge >= 0.3 is 0 Å². The number of aryl methyl sites for hydroxylation is 2. The Balaban J connectivity index is 1.94. The van der Waals surface area contributed by atoms with Crippen LogP contribution < -0.4 is 14.2 Å². The highest BCUT2D eigenvalue weighted by atomic mass is 32.2. The Bertz CT molecular complexity index is 830. The van der Waals surface area contributed by atoms with Crippen molar-refractivity contribution in [3.8, 4) is 11.5 Å². The fourth-order valence-corrected chi connectivity index (χ4v) is 3.84.